The highest BCUT2D eigenvalue weighted by molar-refractivity contribution is 5.74. The number of carbonyl (C=O) groups excluding carboxylic acids is 15. The van der Waals surface area contributed by atoms with Crippen LogP contribution >= 0.6 is 0 Å². The van der Waals surface area contributed by atoms with Crippen molar-refractivity contribution in [1.82, 2.24) is 5.32 Å². The average molecular weight is 1300 g/mol. The Morgan fingerprint density at radius 1 is 0.311 bits per heavy atom. The van der Waals surface area contributed by atoms with E-state index in [0.29, 0.717) is 0 Å². The largest absolute Gasteiger partial charge is 0.463 e. The molecule has 0 aliphatic carbocycles. The Bertz CT molecular complexity index is 2610. The summed E-state index contributed by atoms with van der Waals surface area (Å²) in [6.07, 6.45) is -36.7. The highest BCUT2D eigenvalue weighted by Crippen LogP contribution is 2.39. The van der Waals surface area contributed by atoms with Crippen molar-refractivity contribution in [2.45, 2.75) is 220 Å². The number of nitrogens with one attached hydrogen (secondary N) is 1. The first-order valence-corrected chi connectivity index (χ1v) is 27.4. The minimum atomic E-state index is -2.32. The Morgan fingerprint density at radius 2 is 0.633 bits per heavy atom. The maximum Gasteiger partial charge on any atom is 0.303 e. The van der Waals surface area contributed by atoms with E-state index in [9.17, 15) is 71.9 Å². The van der Waals surface area contributed by atoms with Crippen molar-refractivity contribution >= 4 is 89.5 Å². The van der Waals surface area contributed by atoms with Crippen molar-refractivity contribution in [3.63, 3.8) is 0 Å². The van der Waals surface area contributed by atoms with Gasteiger partial charge in [-0.25, -0.2) is 0 Å². The van der Waals surface area contributed by atoms with Gasteiger partial charge in [-0.2, -0.15) is 0 Å². The fourth-order valence-corrected chi connectivity index (χ4v) is 9.27. The van der Waals surface area contributed by atoms with E-state index in [4.69, 9.17) is 94.7 Å². The number of carbonyl (C=O) groups is 15. The third-order valence-corrected chi connectivity index (χ3v) is 12.1. The first-order valence-electron chi connectivity index (χ1n) is 27.4. The molecule has 0 aromatic heterocycles. The minimum Gasteiger partial charge on any atom is -0.463 e. The SMILES string of the molecule is CC(=O)N[C@H]1[C@H](O[C@H]2[C@@H](OC(C)=O)[C@@H](COC(C)=O)O[C@H](O[C@@H]3[C@H](OC(C)=O)[C@@H](OC(C)=O)[C@H](O[C@@H]([C@H](OC(C)=O)[C@H](COC(C)=O)OC(C)=O)[C@@H](COC(C)=O)OC(C)=O)O[C@@H]3COC(C)=O)[C@@H]2OC(C)=O)O[C@H](COC(C)=O)[C@H](OC(C)=O)[C@@H]1OC(C)=O. The van der Waals surface area contributed by atoms with Gasteiger partial charge in [-0.1, -0.05) is 0 Å². The van der Waals surface area contributed by atoms with Crippen LogP contribution in [0.5, 0.6) is 0 Å². The van der Waals surface area contributed by atoms with E-state index in [1.54, 1.807) is 0 Å². The maximum atomic E-state index is 13.4. The van der Waals surface area contributed by atoms with Crippen molar-refractivity contribution < 1.29 is 167 Å². The Morgan fingerprint density at radius 3 is 1.02 bits per heavy atom. The van der Waals surface area contributed by atoms with E-state index in [-0.39, 0.29) is 0 Å². The summed E-state index contributed by atoms with van der Waals surface area (Å²) in [5, 5.41) is 2.48. The topological polar surface area (TPSA) is 453 Å². The van der Waals surface area contributed by atoms with E-state index >= 15 is 0 Å². The molecule has 19 atom stereocenters. The van der Waals surface area contributed by atoms with Gasteiger partial charge in [0.15, 0.2) is 73.8 Å². The van der Waals surface area contributed by atoms with Crippen LogP contribution in [-0.4, -0.2) is 239 Å². The molecule has 0 unspecified atom stereocenters. The lowest BCUT2D eigenvalue weighted by atomic mass is 9.94. The molecule has 3 saturated heterocycles. The molecule has 0 radical (unpaired) electrons. The second kappa shape index (κ2) is 35.9. The Kier molecular flexibility index (Phi) is 30.3. The summed E-state index contributed by atoms with van der Waals surface area (Å²) in [5.41, 5.74) is 0. The van der Waals surface area contributed by atoms with Crippen LogP contribution in [0.15, 0.2) is 0 Å². The van der Waals surface area contributed by atoms with E-state index in [1.165, 1.54) is 0 Å². The molecule has 0 aromatic carbocycles. The average Bonchev–Trinajstić information content (AvgIpc) is 0.780. The molecule has 506 valence electrons. The molecular weight excluding hydrogens is 1220 g/mol. The summed E-state index contributed by atoms with van der Waals surface area (Å²) in [4.78, 5) is 192. The summed E-state index contributed by atoms with van der Waals surface area (Å²) >= 11 is 0. The van der Waals surface area contributed by atoms with Gasteiger partial charge in [0.2, 0.25) is 5.91 Å². The van der Waals surface area contributed by atoms with Gasteiger partial charge in [-0.05, 0) is 0 Å². The van der Waals surface area contributed by atoms with Crippen molar-refractivity contribution in [2.75, 3.05) is 33.0 Å². The third kappa shape index (κ3) is 25.0. The van der Waals surface area contributed by atoms with Crippen LogP contribution in [0.3, 0.4) is 0 Å². The third-order valence-electron chi connectivity index (χ3n) is 12.1. The fourth-order valence-electron chi connectivity index (χ4n) is 9.27. The van der Waals surface area contributed by atoms with Crippen LogP contribution in [0.4, 0.5) is 0 Å². The molecule has 0 spiro atoms. The number of ether oxygens (including phenoxy) is 20. The summed E-state index contributed by atoms with van der Waals surface area (Å²) in [7, 11) is 0. The number of amides is 1. The van der Waals surface area contributed by atoms with Gasteiger partial charge in [-0.15, -0.1) is 0 Å². The van der Waals surface area contributed by atoms with Crippen molar-refractivity contribution in [1.29, 1.82) is 0 Å². The van der Waals surface area contributed by atoms with Gasteiger partial charge in [-0.3, -0.25) is 71.9 Å². The monoisotopic (exact) mass is 1300 g/mol. The van der Waals surface area contributed by atoms with Gasteiger partial charge in [0, 0.05) is 104 Å². The number of rotatable bonds is 29. The quantitative estimate of drug-likeness (QED) is 0.0626. The lowest BCUT2D eigenvalue weighted by Gasteiger charge is -2.51. The van der Waals surface area contributed by atoms with Gasteiger partial charge < -0.3 is 100 Å². The van der Waals surface area contributed by atoms with Crippen molar-refractivity contribution in [3.05, 3.63) is 0 Å². The second-order valence-electron chi connectivity index (χ2n) is 20.0. The summed E-state index contributed by atoms with van der Waals surface area (Å²) in [6.45, 7) is 9.30. The van der Waals surface area contributed by atoms with Crippen LogP contribution < -0.4 is 5.32 Å². The summed E-state index contributed by atoms with van der Waals surface area (Å²) in [6, 6.07) is -1.78. The first kappa shape index (κ1) is 76.1. The van der Waals surface area contributed by atoms with E-state index in [1.807, 2.05) is 0 Å². The van der Waals surface area contributed by atoms with Gasteiger partial charge >= 0.3 is 83.6 Å². The molecule has 1 N–H and O–H groups in total. The molecular formula is C54H75NO35. The predicted molar refractivity (Wildman–Crippen MR) is 281 cm³/mol. The molecule has 3 fully saturated rings. The van der Waals surface area contributed by atoms with E-state index < -0.39 is 239 Å². The molecule has 1 amide bonds. The van der Waals surface area contributed by atoms with Crippen LogP contribution in [0.2, 0.25) is 0 Å². The van der Waals surface area contributed by atoms with Gasteiger partial charge in [0.25, 0.3) is 0 Å². The number of esters is 14. The molecule has 3 aliphatic heterocycles. The molecule has 0 saturated carbocycles. The highest BCUT2D eigenvalue weighted by Gasteiger charge is 2.61. The van der Waals surface area contributed by atoms with Crippen molar-refractivity contribution in [3.8, 4) is 0 Å². The molecule has 36 heteroatoms. The molecule has 36 nitrogen and oxygen atoms in total. The number of hydrogen-bond donors (Lipinski definition) is 1. The molecule has 3 aliphatic rings. The second-order valence-corrected chi connectivity index (χ2v) is 20.0. The maximum absolute atomic E-state index is 13.4. The Hall–Kier alpha value is -8.19. The van der Waals surface area contributed by atoms with Gasteiger partial charge in [0.1, 0.15) is 75.7 Å². The Balaban J connectivity index is 2.54. The summed E-state index contributed by atoms with van der Waals surface area (Å²) in [5.74, 6) is -15.8. The van der Waals surface area contributed by atoms with Crippen molar-refractivity contribution in [2.24, 2.45) is 0 Å². The lowest BCUT2D eigenvalue weighted by molar-refractivity contribution is -0.380. The molecule has 3 heterocycles. The lowest BCUT2D eigenvalue weighted by Crippen LogP contribution is -2.70. The zero-order valence-electron chi connectivity index (χ0n) is 51.8. The highest BCUT2D eigenvalue weighted by atomic mass is 16.8. The molecule has 3 rings (SSSR count). The summed E-state index contributed by atoms with van der Waals surface area (Å²) < 4.78 is 116. The van der Waals surface area contributed by atoms with E-state index in [2.05, 4.69) is 5.32 Å². The minimum absolute atomic E-state index is 0.771. The zero-order chi connectivity index (χ0) is 68.0. The zero-order valence-corrected chi connectivity index (χ0v) is 51.8. The smallest absolute Gasteiger partial charge is 0.303 e. The van der Waals surface area contributed by atoms with Gasteiger partial charge in [0.05, 0.1) is 0 Å². The van der Waals surface area contributed by atoms with Crippen LogP contribution in [0, 0.1) is 0 Å². The fraction of sp³-hybridized carbons (Fsp3) is 0.722. The predicted octanol–water partition coefficient (Wildman–Crippen LogP) is -1.98. The number of hydrogen-bond acceptors (Lipinski definition) is 35. The van der Waals surface area contributed by atoms with Crippen LogP contribution in [0.1, 0.15) is 104 Å². The van der Waals surface area contributed by atoms with Crippen LogP contribution in [0.25, 0.3) is 0 Å². The Labute approximate surface area is 513 Å². The first-order chi connectivity index (χ1) is 42.0. The molecule has 0 bridgehead atoms. The standard InChI is InChI=1S/C54H75NO35/c1-21(56)55-41-47(81-32(12)67)44(79-30(10)65)38(18-73-24(4)59)85-52(41)90-49-45(80-31(11)66)39(19-74-25(5)60)86-54(51(49)84-35(15)70)89-46-40(20-75-26(6)61)87-53(50(83-34(14)69)48(46)82-33(13)68)88-43(37(77-28(8)63)17-72-23(3)58)42(78-29(9)64)36(76-27(7)62)16-71-22(2)57/h36-54H,16-20H2,1-15H3,(H,55,56)/t36-,37+,38+,39+,40+,41+,42+,43+,44-,45-,46-,47+,48-,49-,50+,51+,52-,53-,54+/m0/s1. The molecule has 90 heavy (non-hydrogen) atoms. The molecule has 0 aromatic rings. The van der Waals surface area contributed by atoms with Crippen LogP contribution in [-0.2, 0) is 167 Å². The van der Waals surface area contributed by atoms with E-state index in [0.717, 1.165) is 104 Å². The normalized spacial score (nSPS) is 27.4.